The molecule has 2 N–H and O–H groups in total. The van der Waals surface area contributed by atoms with Crippen molar-refractivity contribution in [2.24, 2.45) is 5.73 Å². The van der Waals surface area contributed by atoms with Crippen molar-refractivity contribution in [2.75, 3.05) is 11.9 Å². The van der Waals surface area contributed by atoms with Crippen LogP contribution in [0, 0.1) is 0 Å². The molecule has 0 aromatic heterocycles. The number of primary amides is 1. The molecule has 15 heavy (non-hydrogen) atoms. The Kier molecular flexibility index (Phi) is 4.90. The van der Waals surface area contributed by atoms with E-state index in [1.165, 1.54) is 0 Å². The second kappa shape index (κ2) is 6.24. The molecule has 0 saturated heterocycles. The molecule has 3 nitrogen and oxygen atoms in total. The molecule has 0 bridgehead atoms. The van der Waals surface area contributed by atoms with Gasteiger partial charge in [0.1, 0.15) is 12.4 Å². The Morgan fingerprint density at radius 3 is 2.53 bits per heavy atom. The van der Waals surface area contributed by atoms with Gasteiger partial charge in [-0.05, 0) is 24.3 Å². The van der Waals surface area contributed by atoms with Gasteiger partial charge in [-0.15, -0.1) is 0 Å². The number of amides is 1. The van der Waals surface area contributed by atoms with E-state index in [2.05, 4.69) is 15.9 Å². The fourth-order valence-electron chi connectivity index (χ4n) is 0.991. The summed E-state index contributed by atoms with van der Waals surface area (Å²) < 4.78 is 5.38. The highest BCUT2D eigenvalue weighted by Gasteiger charge is 1.99. The number of carbonyl (C=O) groups is 1. The number of benzene rings is 1. The summed E-state index contributed by atoms with van der Waals surface area (Å²) in [5.74, 6) is 0.292. The van der Waals surface area contributed by atoms with Crippen LogP contribution >= 0.6 is 15.9 Å². The number of nitrogens with two attached hydrogens (primary N) is 1. The summed E-state index contributed by atoms with van der Waals surface area (Å²) in [6.07, 6.45) is 3.87. The van der Waals surface area contributed by atoms with Gasteiger partial charge in [0.05, 0.1) is 0 Å². The normalized spacial score (nSPS) is 10.5. The average molecular weight is 270 g/mol. The first-order chi connectivity index (χ1) is 7.24. The molecule has 4 heteroatoms. The van der Waals surface area contributed by atoms with E-state index in [1.54, 1.807) is 24.3 Å². The standard InChI is InChI=1S/C11H12BrNO2/c12-7-1-2-8-15-10-5-3-9(4-6-10)11(13)14/h1-6H,7-8H2,(H2,13,14). The zero-order valence-electron chi connectivity index (χ0n) is 8.15. The first kappa shape index (κ1) is 11.8. The van der Waals surface area contributed by atoms with Crippen LogP contribution in [0.15, 0.2) is 36.4 Å². The Balaban J connectivity index is 2.50. The van der Waals surface area contributed by atoms with E-state index >= 15 is 0 Å². The van der Waals surface area contributed by atoms with Crippen LogP contribution < -0.4 is 10.5 Å². The average Bonchev–Trinajstić information content (AvgIpc) is 2.25. The summed E-state index contributed by atoms with van der Waals surface area (Å²) >= 11 is 3.27. The largest absolute Gasteiger partial charge is 0.490 e. The number of rotatable bonds is 5. The summed E-state index contributed by atoms with van der Waals surface area (Å²) in [4.78, 5) is 10.8. The van der Waals surface area contributed by atoms with Gasteiger partial charge in [0.15, 0.2) is 0 Å². The molecular weight excluding hydrogens is 258 g/mol. The molecule has 0 spiro atoms. The Morgan fingerprint density at radius 1 is 1.33 bits per heavy atom. The molecule has 0 saturated carbocycles. The van der Waals surface area contributed by atoms with Gasteiger partial charge in [0.2, 0.25) is 5.91 Å². The molecular formula is C11H12BrNO2. The Hall–Kier alpha value is -1.29. The monoisotopic (exact) mass is 269 g/mol. The maximum absolute atomic E-state index is 10.8. The molecule has 0 heterocycles. The number of halogens is 1. The van der Waals surface area contributed by atoms with Crippen LogP contribution in [0.25, 0.3) is 0 Å². The zero-order chi connectivity index (χ0) is 11.1. The molecule has 0 aliphatic carbocycles. The van der Waals surface area contributed by atoms with Crippen molar-refractivity contribution in [3.63, 3.8) is 0 Å². The molecule has 0 atom stereocenters. The lowest BCUT2D eigenvalue weighted by Gasteiger charge is -2.03. The molecule has 0 aliphatic heterocycles. The highest BCUT2D eigenvalue weighted by atomic mass is 79.9. The first-order valence-corrected chi connectivity index (χ1v) is 5.60. The zero-order valence-corrected chi connectivity index (χ0v) is 9.74. The molecule has 1 rings (SSSR count). The highest BCUT2D eigenvalue weighted by molar-refractivity contribution is 9.09. The van der Waals surface area contributed by atoms with E-state index in [4.69, 9.17) is 10.5 Å². The van der Waals surface area contributed by atoms with E-state index in [0.29, 0.717) is 12.2 Å². The topological polar surface area (TPSA) is 52.3 Å². The third-order valence-corrected chi connectivity index (χ3v) is 2.11. The number of ether oxygens (including phenoxy) is 1. The Morgan fingerprint density at radius 2 is 2.00 bits per heavy atom. The van der Waals surface area contributed by atoms with E-state index in [0.717, 1.165) is 11.1 Å². The Bertz CT molecular complexity index is 346. The fraction of sp³-hybridized carbons (Fsp3) is 0.182. The third-order valence-electron chi connectivity index (χ3n) is 1.74. The number of allylic oxidation sites excluding steroid dienone is 1. The van der Waals surface area contributed by atoms with E-state index in [1.807, 2.05) is 12.2 Å². The van der Waals surface area contributed by atoms with Crippen molar-refractivity contribution >= 4 is 21.8 Å². The van der Waals surface area contributed by atoms with Crippen molar-refractivity contribution in [1.82, 2.24) is 0 Å². The van der Waals surface area contributed by atoms with Crippen molar-refractivity contribution in [3.05, 3.63) is 42.0 Å². The molecule has 1 aromatic carbocycles. The number of hydrogen-bond acceptors (Lipinski definition) is 2. The Labute approximate surface area is 97.0 Å². The molecule has 0 unspecified atom stereocenters. The smallest absolute Gasteiger partial charge is 0.248 e. The van der Waals surface area contributed by atoms with Crippen molar-refractivity contribution in [3.8, 4) is 5.75 Å². The van der Waals surface area contributed by atoms with Crippen LogP contribution in [-0.2, 0) is 0 Å². The number of alkyl halides is 1. The predicted molar refractivity (Wildman–Crippen MR) is 63.4 cm³/mol. The maximum Gasteiger partial charge on any atom is 0.248 e. The SMILES string of the molecule is NC(=O)c1ccc(OCC=CCBr)cc1. The summed E-state index contributed by atoms with van der Waals surface area (Å²) in [6.45, 7) is 0.515. The molecule has 1 amide bonds. The van der Waals surface area contributed by atoms with E-state index in [-0.39, 0.29) is 0 Å². The molecule has 80 valence electrons. The van der Waals surface area contributed by atoms with Crippen LogP contribution in [0.2, 0.25) is 0 Å². The van der Waals surface area contributed by atoms with Gasteiger partial charge < -0.3 is 10.5 Å². The minimum Gasteiger partial charge on any atom is -0.490 e. The lowest BCUT2D eigenvalue weighted by molar-refractivity contribution is 0.100. The quantitative estimate of drug-likeness (QED) is 0.658. The van der Waals surface area contributed by atoms with Crippen LogP contribution in [0.4, 0.5) is 0 Å². The summed E-state index contributed by atoms with van der Waals surface area (Å²) in [6, 6.07) is 6.74. The van der Waals surface area contributed by atoms with Gasteiger partial charge in [-0.1, -0.05) is 28.1 Å². The molecule has 1 aromatic rings. The summed E-state index contributed by atoms with van der Waals surface area (Å²) in [7, 11) is 0. The van der Waals surface area contributed by atoms with Gasteiger partial charge in [-0.2, -0.15) is 0 Å². The van der Waals surface area contributed by atoms with E-state index in [9.17, 15) is 4.79 Å². The highest BCUT2D eigenvalue weighted by Crippen LogP contribution is 2.11. The third kappa shape index (κ3) is 4.16. The summed E-state index contributed by atoms with van der Waals surface area (Å²) in [5.41, 5.74) is 5.59. The first-order valence-electron chi connectivity index (χ1n) is 4.47. The van der Waals surface area contributed by atoms with Crippen LogP contribution in [0.1, 0.15) is 10.4 Å². The fourth-order valence-corrected chi connectivity index (χ4v) is 1.26. The van der Waals surface area contributed by atoms with E-state index < -0.39 is 5.91 Å². The molecule has 0 radical (unpaired) electrons. The number of carbonyl (C=O) groups excluding carboxylic acids is 1. The van der Waals surface area contributed by atoms with Crippen LogP contribution in [-0.4, -0.2) is 17.8 Å². The second-order valence-electron chi connectivity index (χ2n) is 2.83. The second-order valence-corrected chi connectivity index (χ2v) is 3.47. The lowest BCUT2D eigenvalue weighted by atomic mass is 10.2. The van der Waals surface area contributed by atoms with Gasteiger partial charge in [-0.3, -0.25) is 4.79 Å². The minimum atomic E-state index is -0.430. The van der Waals surface area contributed by atoms with Crippen LogP contribution in [0.3, 0.4) is 0 Å². The van der Waals surface area contributed by atoms with Crippen LogP contribution in [0.5, 0.6) is 5.75 Å². The lowest BCUT2D eigenvalue weighted by Crippen LogP contribution is -2.10. The molecule has 0 fully saturated rings. The predicted octanol–water partition coefficient (Wildman–Crippen LogP) is 2.12. The summed E-state index contributed by atoms with van der Waals surface area (Å²) in [5, 5.41) is 0.816. The van der Waals surface area contributed by atoms with Crippen molar-refractivity contribution in [2.45, 2.75) is 0 Å². The van der Waals surface area contributed by atoms with Gasteiger partial charge in [0, 0.05) is 10.9 Å². The van der Waals surface area contributed by atoms with Gasteiger partial charge in [0.25, 0.3) is 0 Å². The van der Waals surface area contributed by atoms with Crippen molar-refractivity contribution < 1.29 is 9.53 Å². The van der Waals surface area contributed by atoms with Gasteiger partial charge >= 0.3 is 0 Å². The molecule has 0 aliphatic rings. The van der Waals surface area contributed by atoms with Crippen molar-refractivity contribution in [1.29, 1.82) is 0 Å². The number of hydrogen-bond donors (Lipinski definition) is 1. The maximum atomic E-state index is 10.8. The minimum absolute atomic E-state index is 0.430. The van der Waals surface area contributed by atoms with Gasteiger partial charge in [-0.25, -0.2) is 0 Å².